The van der Waals surface area contributed by atoms with Crippen LogP contribution < -0.4 is 9.47 Å². The van der Waals surface area contributed by atoms with Gasteiger partial charge in [-0.15, -0.1) is 0 Å². The molecule has 0 N–H and O–H groups in total. The number of ether oxygens (including phenoxy) is 2. The molecule has 106 valence electrons. The molecule has 0 aromatic heterocycles. The van der Waals surface area contributed by atoms with Crippen LogP contribution in [-0.4, -0.2) is 12.8 Å². The van der Waals surface area contributed by atoms with E-state index in [9.17, 15) is 0 Å². The van der Waals surface area contributed by atoms with Crippen molar-refractivity contribution >= 4 is 23.2 Å². The molecule has 1 aliphatic rings. The Balaban J connectivity index is 2.05. The molecule has 0 spiro atoms. The third-order valence-electron chi connectivity index (χ3n) is 2.99. The van der Waals surface area contributed by atoms with E-state index >= 15 is 0 Å². The van der Waals surface area contributed by atoms with Crippen LogP contribution in [0.2, 0.25) is 10.0 Å². The molecule has 2 aromatic rings. The molecular weight excluding hydrogens is 313 g/mol. The average molecular weight is 322 g/mol. The number of halogens is 2. The summed E-state index contributed by atoms with van der Waals surface area (Å²) in [4.78, 5) is 2.69. The van der Waals surface area contributed by atoms with E-state index < -0.39 is 6.29 Å². The van der Waals surface area contributed by atoms with Gasteiger partial charge in [-0.3, -0.25) is 0 Å². The fraction of sp³-hybridized carbons (Fsp3) is 0.143. The summed E-state index contributed by atoms with van der Waals surface area (Å²) in [6.07, 6.45) is -0.657. The van der Waals surface area contributed by atoms with Crippen LogP contribution in [0, 0.1) is 0 Å². The normalized spacial score (nSPS) is 15.6. The van der Waals surface area contributed by atoms with Gasteiger partial charge in [0.15, 0.2) is 11.5 Å². The first-order valence-corrected chi connectivity index (χ1v) is 6.87. The number of rotatable bonds is 3. The van der Waals surface area contributed by atoms with Crippen LogP contribution in [0.25, 0.3) is 21.6 Å². The van der Waals surface area contributed by atoms with E-state index in [2.05, 4.69) is 10.0 Å². The van der Waals surface area contributed by atoms with Crippen LogP contribution in [0.3, 0.4) is 0 Å². The van der Waals surface area contributed by atoms with Gasteiger partial charge in [-0.2, -0.15) is 0 Å². The summed E-state index contributed by atoms with van der Waals surface area (Å²) in [6.45, 7) is 0.0742. The second kappa shape index (κ2) is 5.74. The van der Waals surface area contributed by atoms with Gasteiger partial charge >= 0.3 is 0 Å². The van der Waals surface area contributed by atoms with E-state index in [0.717, 1.165) is 11.1 Å². The second-order valence-electron chi connectivity index (χ2n) is 4.34. The van der Waals surface area contributed by atoms with Crippen molar-refractivity contribution in [1.82, 2.24) is 0 Å². The minimum Gasteiger partial charge on any atom is -0.451 e. The fourth-order valence-corrected chi connectivity index (χ4v) is 2.58. The molecule has 5 nitrogen and oxygen atoms in total. The Hall–Kier alpha value is -2.07. The first-order valence-electron chi connectivity index (χ1n) is 6.11. The lowest BCUT2D eigenvalue weighted by atomic mass is 10.0. The molecule has 3 rings (SSSR count). The lowest BCUT2D eigenvalue weighted by molar-refractivity contribution is 0.0584. The van der Waals surface area contributed by atoms with Crippen LogP contribution in [0.1, 0.15) is 0 Å². The molecule has 0 saturated heterocycles. The monoisotopic (exact) mass is 321 g/mol. The van der Waals surface area contributed by atoms with E-state index in [1.165, 1.54) is 0 Å². The quantitative estimate of drug-likeness (QED) is 0.450. The standard InChI is InChI=1S/C14H9Cl2N3O2/c15-8-5-10(9-3-1-2-4-11(9)16)14-12(6-8)20-13(21-14)7-18-19-17/h1-6,13H,7H2. The van der Waals surface area contributed by atoms with Crippen LogP contribution in [-0.2, 0) is 0 Å². The number of nitrogens with zero attached hydrogens (tertiary/aromatic N) is 3. The van der Waals surface area contributed by atoms with Crippen molar-refractivity contribution in [3.8, 4) is 22.6 Å². The molecule has 0 amide bonds. The van der Waals surface area contributed by atoms with E-state index in [-0.39, 0.29) is 6.54 Å². The summed E-state index contributed by atoms with van der Waals surface area (Å²) in [6, 6.07) is 10.8. The van der Waals surface area contributed by atoms with Crippen molar-refractivity contribution in [2.24, 2.45) is 5.11 Å². The maximum atomic E-state index is 8.37. The molecule has 0 aliphatic carbocycles. The predicted molar refractivity (Wildman–Crippen MR) is 81.0 cm³/mol. The molecule has 0 fully saturated rings. The molecule has 1 aliphatic heterocycles. The van der Waals surface area contributed by atoms with Gasteiger partial charge in [0.2, 0.25) is 6.29 Å². The van der Waals surface area contributed by atoms with E-state index in [4.69, 9.17) is 38.2 Å². The van der Waals surface area contributed by atoms with Crippen molar-refractivity contribution in [2.75, 3.05) is 6.54 Å². The first kappa shape index (κ1) is 13.9. The minimum absolute atomic E-state index is 0.0742. The van der Waals surface area contributed by atoms with Gasteiger partial charge in [-0.05, 0) is 17.7 Å². The van der Waals surface area contributed by atoms with Gasteiger partial charge in [-0.1, -0.05) is 46.5 Å². The molecule has 1 heterocycles. The Labute approximate surface area is 130 Å². The zero-order valence-corrected chi connectivity index (χ0v) is 12.2. The summed E-state index contributed by atoms with van der Waals surface area (Å²) in [5, 5.41) is 4.55. The number of benzene rings is 2. The molecular formula is C14H9Cl2N3O2. The number of azide groups is 1. The zero-order chi connectivity index (χ0) is 14.8. The van der Waals surface area contributed by atoms with Gasteiger partial charge < -0.3 is 9.47 Å². The maximum absolute atomic E-state index is 8.37. The molecule has 2 aromatic carbocycles. The van der Waals surface area contributed by atoms with E-state index in [0.29, 0.717) is 21.5 Å². The zero-order valence-electron chi connectivity index (χ0n) is 10.7. The van der Waals surface area contributed by atoms with Crippen LogP contribution in [0.5, 0.6) is 11.5 Å². The lowest BCUT2D eigenvalue weighted by Gasteiger charge is -2.09. The first-order chi connectivity index (χ1) is 10.2. The highest BCUT2D eigenvalue weighted by Crippen LogP contribution is 2.46. The van der Waals surface area contributed by atoms with Gasteiger partial charge in [0.1, 0.15) is 6.54 Å². The summed E-state index contributed by atoms with van der Waals surface area (Å²) < 4.78 is 11.3. The molecule has 1 unspecified atom stereocenters. The summed E-state index contributed by atoms with van der Waals surface area (Å²) >= 11 is 12.3. The minimum atomic E-state index is -0.657. The van der Waals surface area contributed by atoms with Gasteiger partial charge in [-0.25, -0.2) is 0 Å². The number of hydrogen-bond acceptors (Lipinski definition) is 3. The molecule has 0 saturated carbocycles. The van der Waals surface area contributed by atoms with Crippen LogP contribution >= 0.6 is 23.2 Å². The summed E-state index contributed by atoms with van der Waals surface area (Å²) in [7, 11) is 0. The summed E-state index contributed by atoms with van der Waals surface area (Å²) in [5.41, 5.74) is 9.90. The Bertz CT molecular complexity index is 745. The Morgan fingerprint density at radius 3 is 2.71 bits per heavy atom. The van der Waals surface area contributed by atoms with Crippen molar-refractivity contribution in [3.63, 3.8) is 0 Å². The van der Waals surface area contributed by atoms with Gasteiger partial charge in [0.25, 0.3) is 0 Å². The highest BCUT2D eigenvalue weighted by atomic mass is 35.5. The predicted octanol–water partition coefficient (Wildman–Crippen LogP) is 5.07. The largest absolute Gasteiger partial charge is 0.451 e. The molecule has 21 heavy (non-hydrogen) atoms. The van der Waals surface area contributed by atoms with Crippen molar-refractivity contribution < 1.29 is 9.47 Å². The lowest BCUT2D eigenvalue weighted by Crippen LogP contribution is -2.21. The average Bonchev–Trinajstić information content (AvgIpc) is 2.87. The third kappa shape index (κ3) is 2.72. The van der Waals surface area contributed by atoms with Crippen LogP contribution in [0.4, 0.5) is 0 Å². The fourth-order valence-electron chi connectivity index (χ4n) is 2.13. The highest BCUT2D eigenvalue weighted by molar-refractivity contribution is 6.34. The van der Waals surface area contributed by atoms with Crippen molar-refractivity contribution in [1.29, 1.82) is 0 Å². The van der Waals surface area contributed by atoms with Crippen LogP contribution in [0.15, 0.2) is 41.5 Å². The third-order valence-corrected chi connectivity index (χ3v) is 3.53. The Kier molecular flexibility index (Phi) is 3.80. The van der Waals surface area contributed by atoms with Gasteiger partial charge in [0, 0.05) is 32.2 Å². The molecule has 7 heteroatoms. The number of fused-ring (bicyclic) bond motifs is 1. The van der Waals surface area contributed by atoms with Crippen molar-refractivity contribution in [2.45, 2.75) is 6.29 Å². The molecule has 0 bridgehead atoms. The SMILES string of the molecule is [N-]=[N+]=NCC1Oc2cc(Cl)cc(-c3ccccc3Cl)c2O1. The topological polar surface area (TPSA) is 67.2 Å². The van der Waals surface area contributed by atoms with E-state index in [1.807, 2.05) is 18.2 Å². The smallest absolute Gasteiger partial charge is 0.247 e. The highest BCUT2D eigenvalue weighted by Gasteiger charge is 2.28. The molecule has 0 radical (unpaired) electrons. The second-order valence-corrected chi connectivity index (χ2v) is 5.18. The maximum Gasteiger partial charge on any atom is 0.247 e. The Morgan fingerprint density at radius 1 is 1.14 bits per heavy atom. The van der Waals surface area contributed by atoms with E-state index in [1.54, 1.807) is 18.2 Å². The number of hydrogen-bond donors (Lipinski definition) is 0. The Morgan fingerprint density at radius 2 is 1.95 bits per heavy atom. The van der Waals surface area contributed by atoms with Crippen molar-refractivity contribution in [3.05, 3.63) is 56.9 Å². The summed E-state index contributed by atoms with van der Waals surface area (Å²) in [5.74, 6) is 1.06. The van der Waals surface area contributed by atoms with Gasteiger partial charge in [0.05, 0.1) is 0 Å². The molecule has 1 atom stereocenters.